The zero-order chi connectivity index (χ0) is 7.98. The summed E-state index contributed by atoms with van der Waals surface area (Å²) in [6.45, 7) is 9.10. The number of rotatable bonds is 4. The molecule has 0 aromatic carbocycles. The van der Waals surface area contributed by atoms with Gasteiger partial charge in [-0.05, 0) is 18.1 Å². The van der Waals surface area contributed by atoms with Crippen LogP contribution in [0.15, 0.2) is 36.6 Å². The molecule has 0 atom stereocenters. The molecule has 0 radical (unpaired) electrons. The van der Waals surface area contributed by atoms with E-state index in [-0.39, 0.29) is 0 Å². The first-order valence-electron chi connectivity index (χ1n) is 3.18. The molecular formula is C8H13NO. The predicted molar refractivity (Wildman–Crippen MR) is 42.6 cm³/mol. The second-order valence-electron chi connectivity index (χ2n) is 1.81. The van der Waals surface area contributed by atoms with Crippen LogP contribution in [0.25, 0.3) is 0 Å². The third-order valence-corrected chi connectivity index (χ3v) is 1.30. The van der Waals surface area contributed by atoms with Crippen molar-refractivity contribution < 1.29 is 5.21 Å². The van der Waals surface area contributed by atoms with Crippen LogP contribution in [-0.4, -0.2) is 5.21 Å². The summed E-state index contributed by atoms with van der Waals surface area (Å²) in [5.41, 5.74) is 3.62. The molecule has 0 aliphatic rings. The van der Waals surface area contributed by atoms with E-state index in [1.54, 1.807) is 12.2 Å². The van der Waals surface area contributed by atoms with Crippen molar-refractivity contribution >= 4 is 0 Å². The Kier molecular flexibility index (Phi) is 4.33. The maximum absolute atomic E-state index is 8.53. The Morgan fingerprint density at radius 2 is 2.10 bits per heavy atom. The molecule has 0 aromatic rings. The van der Waals surface area contributed by atoms with E-state index in [0.717, 1.165) is 12.0 Å². The number of hydrogen-bond acceptors (Lipinski definition) is 2. The van der Waals surface area contributed by atoms with Gasteiger partial charge < -0.3 is 0 Å². The third-order valence-electron chi connectivity index (χ3n) is 1.30. The van der Waals surface area contributed by atoms with Crippen LogP contribution in [-0.2, 0) is 0 Å². The molecule has 0 saturated heterocycles. The van der Waals surface area contributed by atoms with E-state index in [9.17, 15) is 0 Å². The second kappa shape index (κ2) is 4.82. The van der Waals surface area contributed by atoms with Gasteiger partial charge in [-0.1, -0.05) is 26.2 Å². The molecule has 0 aliphatic carbocycles. The largest absolute Gasteiger partial charge is 0.291 e. The SMILES string of the molecule is C=C/C(CC)=C(\C=C)NO. The van der Waals surface area contributed by atoms with E-state index >= 15 is 0 Å². The van der Waals surface area contributed by atoms with Crippen molar-refractivity contribution in [3.8, 4) is 0 Å². The van der Waals surface area contributed by atoms with Crippen LogP contribution < -0.4 is 5.48 Å². The lowest BCUT2D eigenvalue weighted by Gasteiger charge is -2.03. The van der Waals surface area contributed by atoms with Crippen molar-refractivity contribution in [2.75, 3.05) is 0 Å². The Bertz CT molecular complexity index is 141. The molecule has 10 heavy (non-hydrogen) atoms. The molecule has 2 heteroatoms. The summed E-state index contributed by atoms with van der Waals surface area (Å²) in [5, 5.41) is 8.53. The van der Waals surface area contributed by atoms with Crippen LogP contribution in [0.3, 0.4) is 0 Å². The summed E-state index contributed by atoms with van der Waals surface area (Å²) in [5.74, 6) is 0. The average molecular weight is 139 g/mol. The van der Waals surface area contributed by atoms with E-state index in [1.165, 1.54) is 0 Å². The summed E-state index contributed by atoms with van der Waals surface area (Å²) in [6.07, 6.45) is 4.08. The molecule has 0 saturated carbocycles. The summed E-state index contributed by atoms with van der Waals surface area (Å²) < 4.78 is 0. The minimum Gasteiger partial charge on any atom is -0.291 e. The highest BCUT2D eigenvalue weighted by atomic mass is 16.5. The minimum absolute atomic E-state index is 0.623. The molecule has 0 fully saturated rings. The van der Waals surface area contributed by atoms with E-state index in [0.29, 0.717) is 5.70 Å². The van der Waals surface area contributed by atoms with Crippen molar-refractivity contribution in [2.24, 2.45) is 0 Å². The van der Waals surface area contributed by atoms with Crippen LogP contribution >= 0.6 is 0 Å². The summed E-state index contributed by atoms with van der Waals surface area (Å²) in [6, 6.07) is 0. The predicted octanol–water partition coefficient (Wildman–Crippen LogP) is 2.00. The highest BCUT2D eigenvalue weighted by Gasteiger charge is 1.94. The standard InChI is InChI=1S/C8H13NO/c1-4-7(5-2)8(6-3)9-10/h4,6,9-10H,1,3,5H2,2H3/b8-7-. The lowest BCUT2D eigenvalue weighted by molar-refractivity contribution is 0.203. The summed E-state index contributed by atoms with van der Waals surface area (Å²) >= 11 is 0. The van der Waals surface area contributed by atoms with E-state index in [4.69, 9.17) is 5.21 Å². The molecule has 2 N–H and O–H groups in total. The number of nitrogens with one attached hydrogen (secondary N) is 1. The molecule has 0 bridgehead atoms. The van der Waals surface area contributed by atoms with Crippen LogP contribution in [0.1, 0.15) is 13.3 Å². The smallest absolute Gasteiger partial charge is 0.0627 e. The molecular weight excluding hydrogens is 126 g/mol. The zero-order valence-corrected chi connectivity index (χ0v) is 6.22. The molecule has 0 heterocycles. The fourth-order valence-corrected chi connectivity index (χ4v) is 0.693. The normalized spacial score (nSPS) is 11.8. The van der Waals surface area contributed by atoms with Gasteiger partial charge in [-0.15, -0.1) is 0 Å². The third kappa shape index (κ3) is 2.07. The van der Waals surface area contributed by atoms with Gasteiger partial charge in [0.2, 0.25) is 0 Å². The maximum atomic E-state index is 8.53. The van der Waals surface area contributed by atoms with Gasteiger partial charge in [-0.25, -0.2) is 0 Å². The Hall–Kier alpha value is -1.02. The Labute approximate surface area is 61.5 Å². The van der Waals surface area contributed by atoms with Crippen molar-refractivity contribution in [1.82, 2.24) is 5.48 Å². The Morgan fingerprint density at radius 1 is 1.50 bits per heavy atom. The first-order valence-corrected chi connectivity index (χ1v) is 3.18. The highest BCUT2D eigenvalue weighted by molar-refractivity contribution is 5.28. The fraction of sp³-hybridized carbons (Fsp3) is 0.250. The van der Waals surface area contributed by atoms with Crippen LogP contribution in [0, 0.1) is 0 Å². The van der Waals surface area contributed by atoms with Gasteiger partial charge in [-0.3, -0.25) is 10.7 Å². The lowest BCUT2D eigenvalue weighted by atomic mass is 10.1. The molecule has 0 rings (SSSR count). The van der Waals surface area contributed by atoms with Gasteiger partial charge in [0, 0.05) is 0 Å². The number of hydrogen-bond donors (Lipinski definition) is 2. The molecule has 0 spiro atoms. The zero-order valence-electron chi connectivity index (χ0n) is 6.22. The van der Waals surface area contributed by atoms with E-state index in [1.807, 2.05) is 12.4 Å². The highest BCUT2D eigenvalue weighted by Crippen LogP contribution is 2.06. The molecule has 0 amide bonds. The van der Waals surface area contributed by atoms with Crippen LogP contribution in [0.4, 0.5) is 0 Å². The van der Waals surface area contributed by atoms with Gasteiger partial charge in [0.05, 0.1) is 5.70 Å². The number of allylic oxidation sites excluding steroid dienone is 3. The molecule has 2 nitrogen and oxygen atoms in total. The monoisotopic (exact) mass is 139 g/mol. The molecule has 56 valence electrons. The molecule has 0 aliphatic heterocycles. The van der Waals surface area contributed by atoms with Gasteiger partial charge in [0.25, 0.3) is 0 Å². The van der Waals surface area contributed by atoms with Crippen molar-refractivity contribution in [2.45, 2.75) is 13.3 Å². The lowest BCUT2D eigenvalue weighted by Crippen LogP contribution is -2.06. The van der Waals surface area contributed by atoms with Gasteiger partial charge in [0.15, 0.2) is 0 Å². The Balaban J connectivity index is 4.50. The van der Waals surface area contributed by atoms with Gasteiger partial charge in [0.1, 0.15) is 0 Å². The summed E-state index contributed by atoms with van der Waals surface area (Å²) in [7, 11) is 0. The van der Waals surface area contributed by atoms with Crippen LogP contribution in [0.5, 0.6) is 0 Å². The molecule has 0 aromatic heterocycles. The second-order valence-corrected chi connectivity index (χ2v) is 1.81. The van der Waals surface area contributed by atoms with E-state index in [2.05, 4.69) is 13.2 Å². The first kappa shape index (κ1) is 8.98. The van der Waals surface area contributed by atoms with Crippen molar-refractivity contribution in [3.05, 3.63) is 36.6 Å². The van der Waals surface area contributed by atoms with Gasteiger partial charge in [-0.2, -0.15) is 0 Å². The average Bonchev–Trinajstić information content (AvgIpc) is 2.00. The minimum atomic E-state index is 0.623. The summed E-state index contributed by atoms with van der Waals surface area (Å²) in [4.78, 5) is 0. The fourth-order valence-electron chi connectivity index (χ4n) is 0.693. The maximum Gasteiger partial charge on any atom is 0.0627 e. The van der Waals surface area contributed by atoms with Crippen molar-refractivity contribution in [1.29, 1.82) is 0 Å². The van der Waals surface area contributed by atoms with Crippen LogP contribution in [0.2, 0.25) is 0 Å². The topological polar surface area (TPSA) is 32.3 Å². The quantitative estimate of drug-likeness (QED) is 0.461. The van der Waals surface area contributed by atoms with Crippen molar-refractivity contribution in [3.63, 3.8) is 0 Å². The molecule has 0 unspecified atom stereocenters. The van der Waals surface area contributed by atoms with Gasteiger partial charge >= 0.3 is 0 Å². The number of hydroxylamine groups is 1. The Morgan fingerprint density at radius 3 is 2.20 bits per heavy atom. The van der Waals surface area contributed by atoms with E-state index < -0.39 is 0 Å². The first-order chi connectivity index (χ1) is 4.79.